The Labute approximate surface area is 115 Å². The Hall–Kier alpha value is -1.19. The average molecular weight is 308 g/mol. The summed E-state index contributed by atoms with van der Waals surface area (Å²) in [4.78, 5) is 0. The van der Waals surface area contributed by atoms with Crippen LogP contribution in [-0.4, -0.2) is 0 Å². The standard InChI is InChI=1S/C15H15BrFN/c1-9-6-7-11(10(2)8-9)15(18)12-4-3-5-13(16)14(12)17/h3-8,15H,18H2,1-2H3. The third kappa shape index (κ3) is 2.47. The van der Waals surface area contributed by atoms with Gasteiger partial charge in [0.1, 0.15) is 5.82 Å². The van der Waals surface area contributed by atoms with E-state index >= 15 is 0 Å². The molecule has 0 aromatic heterocycles. The van der Waals surface area contributed by atoms with E-state index < -0.39 is 6.04 Å². The molecule has 1 atom stereocenters. The van der Waals surface area contributed by atoms with Gasteiger partial charge in [0.15, 0.2) is 0 Å². The van der Waals surface area contributed by atoms with Gasteiger partial charge >= 0.3 is 0 Å². The van der Waals surface area contributed by atoms with Gasteiger partial charge in [-0.1, -0.05) is 35.9 Å². The number of aryl methyl sites for hydroxylation is 2. The number of hydrogen-bond acceptors (Lipinski definition) is 1. The maximum absolute atomic E-state index is 14.0. The smallest absolute Gasteiger partial charge is 0.142 e. The number of rotatable bonds is 2. The third-order valence-electron chi connectivity index (χ3n) is 3.08. The largest absolute Gasteiger partial charge is 0.320 e. The highest BCUT2D eigenvalue weighted by Gasteiger charge is 2.16. The third-order valence-corrected chi connectivity index (χ3v) is 3.69. The highest BCUT2D eigenvalue weighted by atomic mass is 79.9. The van der Waals surface area contributed by atoms with Crippen LogP contribution in [0.15, 0.2) is 40.9 Å². The monoisotopic (exact) mass is 307 g/mol. The normalized spacial score (nSPS) is 12.5. The van der Waals surface area contributed by atoms with E-state index in [0.29, 0.717) is 10.0 Å². The van der Waals surface area contributed by atoms with Crippen molar-refractivity contribution in [1.82, 2.24) is 0 Å². The van der Waals surface area contributed by atoms with Crippen molar-refractivity contribution >= 4 is 15.9 Å². The second kappa shape index (κ2) is 5.21. The molecule has 2 rings (SSSR count). The van der Waals surface area contributed by atoms with Gasteiger partial charge < -0.3 is 5.73 Å². The molecule has 94 valence electrons. The van der Waals surface area contributed by atoms with Crippen molar-refractivity contribution in [2.75, 3.05) is 0 Å². The molecule has 0 aliphatic carbocycles. The highest BCUT2D eigenvalue weighted by molar-refractivity contribution is 9.10. The van der Waals surface area contributed by atoms with Crippen molar-refractivity contribution in [3.8, 4) is 0 Å². The molecule has 0 aliphatic heterocycles. The van der Waals surface area contributed by atoms with Gasteiger partial charge in [-0.25, -0.2) is 4.39 Å². The lowest BCUT2D eigenvalue weighted by Crippen LogP contribution is -2.15. The van der Waals surface area contributed by atoms with E-state index in [1.54, 1.807) is 18.2 Å². The van der Waals surface area contributed by atoms with Gasteiger partial charge in [0, 0.05) is 5.56 Å². The molecule has 2 aromatic carbocycles. The number of benzene rings is 2. The molecule has 0 aliphatic rings. The van der Waals surface area contributed by atoms with Gasteiger partial charge in [-0.05, 0) is 47.0 Å². The molecule has 18 heavy (non-hydrogen) atoms. The predicted molar refractivity (Wildman–Crippen MR) is 76.0 cm³/mol. The van der Waals surface area contributed by atoms with Crippen LogP contribution in [0, 0.1) is 19.7 Å². The van der Waals surface area contributed by atoms with Crippen LogP contribution in [-0.2, 0) is 0 Å². The molecule has 2 aromatic rings. The van der Waals surface area contributed by atoms with Crippen LogP contribution in [0.1, 0.15) is 28.3 Å². The van der Waals surface area contributed by atoms with Gasteiger partial charge in [-0.15, -0.1) is 0 Å². The van der Waals surface area contributed by atoms with Crippen molar-refractivity contribution in [3.63, 3.8) is 0 Å². The van der Waals surface area contributed by atoms with E-state index in [9.17, 15) is 4.39 Å². The fraction of sp³-hybridized carbons (Fsp3) is 0.200. The minimum Gasteiger partial charge on any atom is -0.320 e. The summed E-state index contributed by atoms with van der Waals surface area (Å²) in [6.45, 7) is 4.03. The fourth-order valence-corrected chi connectivity index (χ4v) is 2.48. The summed E-state index contributed by atoms with van der Waals surface area (Å²) < 4.78 is 14.5. The molecule has 0 saturated heterocycles. The van der Waals surface area contributed by atoms with Crippen LogP contribution in [0.5, 0.6) is 0 Å². The molecule has 0 bridgehead atoms. The van der Waals surface area contributed by atoms with Gasteiger partial charge in [0.2, 0.25) is 0 Å². The summed E-state index contributed by atoms with van der Waals surface area (Å²) in [5, 5.41) is 0. The Balaban J connectivity index is 2.48. The quantitative estimate of drug-likeness (QED) is 0.881. The van der Waals surface area contributed by atoms with E-state index in [-0.39, 0.29) is 5.82 Å². The Bertz CT molecular complexity index is 581. The zero-order valence-corrected chi connectivity index (χ0v) is 12.0. The summed E-state index contributed by atoms with van der Waals surface area (Å²) in [5.41, 5.74) is 9.91. The average Bonchev–Trinajstić information content (AvgIpc) is 2.32. The first-order valence-corrected chi connectivity index (χ1v) is 6.56. The zero-order valence-electron chi connectivity index (χ0n) is 10.4. The number of nitrogens with two attached hydrogens (primary N) is 1. The van der Waals surface area contributed by atoms with E-state index in [2.05, 4.69) is 22.0 Å². The molecular formula is C15H15BrFN. The second-order valence-electron chi connectivity index (χ2n) is 4.48. The first-order chi connectivity index (χ1) is 8.50. The highest BCUT2D eigenvalue weighted by Crippen LogP contribution is 2.28. The Morgan fingerprint density at radius 1 is 1.11 bits per heavy atom. The van der Waals surface area contributed by atoms with E-state index in [0.717, 1.165) is 11.1 Å². The van der Waals surface area contributed by atoms with Crippen LogP contribution >= 0.6 is 15.9 Å². The van der Waals surface area contributed by atoms with Gasteiger partial charge in [0.05, 0.1) is 10.5 Å². The lowest BCUT2D eigenvalue weighted by atomic mass is 9.94. The topological polar surface area (TPSA) is 26.0 Å². The van der Waals surface area contributed by atoms with Crippen LogP contribution in [0.3, 0.4) is 0 Å². The van der Waals surface area contributed by atoms with Crippen LogP contribution < -0.4 is 5.73 Å². The van der Waals surface area contributed by atoms with Crippen molar-refractivity contribution < 1.29 is 4.39 Å². The molecule has 0 heterocycles. The summed E-state index contributed by atoms with van der Waals surface area (Å²) in [5.74, 6) is -0.287. The Morgan fingerprint density at radius 2 is 1.83 bits per heavy atom. The summed E-state index contributed by atoms with van der Waals surface area (Å²) in [7, 11) is 0. The molecule has 0 spiro atoms. The van der Waals surface area contributed by atoms with E-state index in [1.165, 1.54) is 5.56 Å². The molecule has 0 saturated carbocycles. The summed E-state index contributed by atoms with van der Waals surface area (Å²) in [6.07, 6.45) is 0. The number of hydrogen-bond donors (Lipinski definition) is 1. The van der Waals surface area contributed by atoms with Crippen molar-refractivity contribution in [1.29, 1.82) is 0 Å². The molecule has 0 radical (unpaired) electrons. The molecule has 3 heteroatoms. The summed E-state index contributed by atoms with van der Waals surface area (Å²) in [6, 6.07) is 10.8. The molecule has 2 N–H and O–H groups in total. The molecule has 1 unspecified atom stereocenters. The SMILES string of the molecule is Cc1ccc(C(N)c2cccc(Br)c2F)c(C)c1. The zero-order chi connectivity index (χ0) is 13.3. The van der Waals surface area contributed by atoms with Crippen molar-refractivity contribution in [3.05, 3.63) is 68.9 Å². The number of halogens is 2. The minimum atomic E-state index is -0.442. The molecule has 0 fully saturated rings. The van der Waals surface area contributed by atoms with Gasteiger partial charge in [-0.2, -0.15) is 0 Å². The molecule has 1 nitrogen and oxygen atoms in total. The summed E-state index contributed by atoms with van der Waals surface area (Å²) >= 11 is 3.19. The van der Waals surface area contributed by atoms with Gasteiger partial charge in [0.25, 0.3) is 0 Å². The van der Waals surface area contributed by atoms with Crippen molar-refractivity contribution in [2.45, 2.75) is 19.9 Å². The van der Waals surface area contributed by atoms with Crippen molar-refractivity contribution in [2.24, 2.45) is 5.73 Å². The maximum Gasteiger partial charge on any atom is 0.142 e. The van der Waals surface area contributed by atoms with Crippen LogP contribution in [0.25, 0.3) is 0 Å². The molecular weight excluding hydrogens is 293 g/mol. The predicted octanol–water partition coefficient (Wildman–Crippen LogP) is 4.25. The lowest BCUT2D eigenvalue weighted by Gasteiger charge is -2.17. The van der Waals surface area contributed by atoms with Gasteiger partial charge in [-0.3, -0.25) is 0 Å². The first-order valence-electron chi connectivity index (χ1n) is 5.77. The maximum atomic E-state index is 14.0. The van der Waals surface area contributed by atoms with E-state index in [4.69, 9.17) is 5.73 Å². The Morgan fingerprint density at radius 3 is 2.50 bits per heavy atom. The lowest BCUT2D eigenvalue weighted by molar-refractivity contribution is 0.593. The molecule has 0 amide bonds. The van der Waals surface area contributed by atoms with E-state index in [1.807, 2.05) is 26.0 Å². The second-order valence-corrected chi connectivity index (χ2v) is 5.34. The Kier molecular flexibility index (Phi) is 3.83. The fourth-order valence-electron chi connectivity index (χ4n) is 2.10. The van der Waals surface area contributed by atoms with Crippen LogP contribution in [0.4, 0.5) is 4.39 Å². The minimum absolute atomic E-state index is 0.287. The first kappa shape index (κ1) is 13.2. The van der Waals surface area contributed by atoms with Crippen LogP contribution in [0.2, 0.25) is 0 Å².